The number of rotatable bonds is 4. The Bertz CT molecular complexity index is 925. The maximum Gasteiger partial charge on any atom is 0.414 e. The number of carbonyl (C=O) groups is 3. The zero-order valence-corrected chi connectivity index (χ0v) is 18.4. The van der Waals surface area contributed by atoms with Gasteiger partial charge < -0.3 is 24.6 Å². The third kappa shape index (κ3) is 6.02. The Hall–Kier alpha value is -3.02. The first-order chi connectivity index (χ1) is 15.4. The molecule has 11 heteroatoms. The van der Waals surface area contributed by atoms with Gasteiger partial charge in [-0.25, -0.2) is 9.59 Å². The smallest absolute Gasteiger partial charge is 0.414 e. The van der Waals surface area contributed by atoms with Crippen molar-refractivity contribution in [3.8, 4) is 5.75 Å². The molecule has 4 rings (SSSR count). The molecule has 0 unspecified atom stereocenters. The molecule has 2 atom stereocenters. The first kappa shape index (κ1) is 23.6. The monoisotopic (exact) mass is 463 g/mol. The molecule has 0 aromatic carbocycles. The molecule has 10 nitrogen and oxygen atoms in total. The van der Waals surface area contributed by atoms with Crippen LogP contribution in [-0.4, -0.2) is 88.8 Å². The Morgan fingerprint density at radius 3 is 2.66 bits per heavy atom. The van der Waals surface area contributed by atoms with E-state index in [0.29, 0.717) is 30.4 Å². The van der Waals surface area contributed by atoms with Gasteiger partial charge in [0, 0.05) is 49.7 Å². The fraction of sp³-hybridized carbons (Fsp3) is 0.429. The summed E-state index contributed by atoms with van der Waals surface area (Å²) in [5, 5.41) is 16.9. The van der Waals surface area contributed by atoms with Gasteiger partial charge in [-0.1, -0.05) is 6.07 Å². The molecule has 2 aromatic heterocycles. The summed E-state index contributed by atoms with van der Waals surface area (Å²) in [6, 6.07) is 5.99. The second-order valence-electron chi connectivity index (χ2n) is 7.38. The Kier molecular flexibility index (Phi) is 8.14. The molecule has 0 saturated carbocycles. The molecule has 0 radical (unpaired) electrons. The lowest BCUT2D eigenvalue weighted by Gasteiger charge is -2.23. The Morgan fingerprint density at radius 1 is 1.22 bits per heavy atom. The summed E-state index contributed by atoms with van der Waals surface area (Å²) in [6.07, 6.45) is 3.32. The van der Waals surface area contributed by atoms with Crippen molar-refractivity contribution < 1.29 is 34.1 Å². The number of methoxy groups -OCH3 is 1. The summed E-state index contributed by atoms with van der Waals surface area (Å²) in [7, 11) is 1.56. The van der Waals surface area contributed by atoms with Gasteiger partial charge in [-0.05, 0) is 17.5 Å². The second kappa shape index (κ2) is 11.0. The summed E-state index contributed by atoms with van der Waals surface area (Å²) < 4.78 is 11.4. The number of thiophene rings is 1. The standard InChI is InChI=1S/C19H23N3O3S.C2H2O4/c1-24-17-9-20-5-4-16(17)19(23)22-11-14-10-21(6-7-25-18(14)13-22)12-15-3-2-8-26-15;3-1(4)2(5)6/h2-5,8-9,14,18H,6-7,10-13H2,1H3;(H,3,4)(H,5,6)/t14-,18+;/m0./s1. The van der Waals surface area contributed by atoms with Crippen molar-refractivity contribution in [2.45, 2.75) is 12.6 Å². The largest absolute Gasteiger partial charge is 0.494 e. The number of carbonyl (C=O) groups excluding carboxylic acids is 1. The highest BCUT2D eigenvalue weighted by Crippen LogP contribution is 2.28. The highest BCUT2D eigenvalue weighted by Gasteiger charge is 2.39. The molecular formula is C21H25N3O7S. The average molecular weight is 464 g/mol. The van der Waals surface area contributed by atoms with Gasteiger partial charge in [0.05, 0.1) is 31.6 Å². The zero-order chi connectivity index (χ0) is 23.1. The first-order valence-corrected chi connectivity index (χ1v) is 10.9. The van der Waals surface area contributed by atoms with Crippen LogP contribution >= 0.6 is 11.3 Å². The van der Waals surface area contributed by atoms with Crippen LogP contribution in [0.3, 0.4) is 0 Å². The van der Waals surface area contributed by atoms with E-state index < -0.39 is 11.9 Å². The van der Waals surface area contributed by atoms with E-state index in [1.807, 2.05) is 4.90 Å². The lowest BCUT2D eigenvalue weighted by molar-refractivity contribution is -0.159. The predicted molar refractivity (Wildman–Crippen MR) is 115 cm³/mol. The van der Waals surface area contributed by atoms with Gasteiger partial charge in [-0.3, -0.25) is 14.7 Å². The van der Waals surface area contributed by atoms with Crippen molar-refractivity contribution in [2.24, 2.45) is 5.92 Å². The molecule has 2 N–H and O–H groups in total. The number of carboxylic acid groups (broad SMARTS) is 2. The van der Waals surface area contributed by atoms with Crippen LogP contribution < -0.4 is 4.74 Å². The summed E-state index contributed by atoms with van der Waals surface area (Å²) in [4.78, 5) is 40.9. The molecule has 2 fully saturated rings. The summed E-state index contributed by atoms with van der Waals surface area (Å²) in [5.41, 5.74) is 0.564. The van der Waals surface area contributed by atoms with E-state index in [1.165, 1.54) is 4.88 Å². The molecule has 172 valence electrons. The lowest BCUT2D eigenvalue weighted by atomic mass is 10.1. The van der Waals surface area contributed by atoms with Crippen LogP contribution in [0.1, 0.15) is 15.2 Å². The fourth-order valence-corrected chi connectivity index (χ4v) is 4.53. The number of hydrogen-bond acceptors (Lipinski definition) is 8. The normalized spacial score (nSPS) is 20.5. The second-order valence-corrected chi connectivity index (χ2v) is 8.41. The minimum atomic E-state index is -1.82. The number of amides is 1. The number of fused-ring (bicyclic) bond motifs is 1. The van der Waals surface area contributed by atoms with E-state index in [-0.39, 0.29) is 12.0 Å². The van der Waals surface area contributed by atoms with E-state index in [0.717, 1.165) is 26.2 Å². The van der Waals surface area contributed by atoms with Crippen molar-refractivity contribution in [1.82, 2.24) is 14.8 Å². The Balaban J connectivity index is 0.000000427. The van der Waals surface area contributed by atoms with Gasteiger partial charge in [0.25, 0.3) is 5.91 Å². The van der Waals surface area contributed by atoms with Crippen LogP contribution in [0.4, 0.5) is 0 Å². The van der Waals surface area contributed by atoms with Gasteiger partial charge in [0.1, 0.15) is 5.75 Å². The number of pyridine rings is 1. The van der Waals surface area contributed by atoms with Crippen molar-refractivity contribution in [1.29, 1.82) is 0 Å². The Morgan fingerprint density at radius 2 is 2.00 bits per heavy atom. The number of hydrogen-bond donors (Lipinski definition) is 2. The van der Waals surface area contributed by atoms with E-state index in [2.05, 4.69) is 27.4 Å². The highest BCUT2D eigenvalue weighted by molar-refractivity contribution is 7.09. The summed E-state index contributed by atoms with van der Waals surface area (Å²) >= 11 is 1.79. The molecule has 1 amide bonds. The van der Waals surface area contributed by atoms with Crippen LogP contribution in [0.25, 0.3) is 0 Å². The molecule has 0 aliphatic carbocycles. The van der Waals surface area contributed by atoms with Gasteiger partial charge in [-0.2, -0.15) is 0 Å². The van der Waals surface area contributed by atoms with Crippen LogP contribution in [-0.2, 0) is 20.9 Å². The third-order valence-corrected chi connectivity index (χ3v) is 6.14. The molecule has 2 saturated heterocycles. The molecule has 2 aliphatic heterocycles. The van der Waals surface area contributed by atoms with Crippen molar-refractivity contribution >= 4 is 29.2 Å². The van der Waals surface area contributed by atoms with Crippen LogP contribution in [0.5, 0.6) is 5.75 Å². The van der Waals surface area contributed by atoms with Crippen LogP contribution in [0, 0.1) is 5.92 Å². The molecule has 32 heavy (non-hydrogen) atoms. The van der Waals surface area contributed by atoms with Crippen molar-refractivity contribution in [3.05, 3.63) is 46.4 Å². The lowest BCUT2D eigenvalue weighted by Crippen LogP contribution is -2.33. The summed E-state index contributed by atoms with van der Waals surface area (Å²) in [5.74, 6) is -2.80. The maximum absolute atomic E-state index is 12.9. The van der Waals surface area contributed by atoms with Gasteiger partial charge in [0.2, 0.25) is 0 Å². The molecule has 2 aliphatic rings. The Labute approximate surface area is 189 Å². The third-order valence-electron chi connectivity index (χ3n) is 5.28. The van der Waals surface area contributed by atoms with Crippen molar-refractivity contribution in [3.63, 3.8) is 0 Å². The van der Waals surface area contributed by atoms with E-state index in [1.54, 1.807) is 36.9 Å². The predicted octanol–water partition coefficient (Wildman–Crippen LogP) is 1.28. The minimum Gasteiger partial charge on any atom is -0.494 e. The first-order valence-electron chi connectivity index (χ1n) is 9.98. The van der Waals surface area contributed by atoms with Crippen LogP contribution in [0.2, 0.25) is 0 Å². The van der Waals surface area contributed by atoms with E-state index >= 15 is 0 Å². The number of aromatic nitrogens is 1. The van der Waals surface area contributed by atoms with E-state index in [9.17, 15) is 4.79 Å². The van der Waals surface area contributed by atoms with Gasteiger partial charge >= 0.3 is 11.9 Å². The van der Waals surface area contributed by atoms with Gasteiger partial charge in [-0.15, -0.1) is 11.3 Å². The quantitative estimate of drug-likeness (QED) is 0.644. The number of likely N-dealkylation sites (tertiary alicyclic amines) is 1. The van der Waals surface area contributed by atoms with Crippen LogP contribution in [0.15, 0.2) is 36.0 Å². The zero-order valence-electron chi connectivity index (χ0n) is 17.5. The fourth-order valence-electron chi connectivity index (χ4n) is 3.78. The van der Waals surface area contributed by atoms with Crippen molar-refractivity contribution in [2.75, 3.05) is 39.9 Å². The SMILES string of the molecule is COc1cnccc1C(=O)N1C[C@@H]2CN(Cc3cccs3)CCO[C@@H]2C1.O=C(O)C(=O)O. The maximum atomic E-state index is 12.9. The topological polar surface area (TPSA) is 130 Å². The summed E-state index contributed by atoms with van der Waals surface area (Å²) in [6.45, 7) is 4.93. The number of nitrogens with zero attached hydrogens (tertiary/aromatic N) is 3. The number of aliphatic carboxylic acids is 2. The van der Waals surface area contributed by atoms with E-state index in [4.69, 9.17) is 29.3 Å². The average Bonchev–Trinajstić information content (AvgIpc) is 3.40. The highest BCUT2D eigenvalue weighted by atomic mass is 32.1. The molecule has 2 aromatic rings. The number of carboxylic acids is 2. The molecule has 0 spiro atoms. The molecule has 4 heterocycles. The molecule has 0 bridgehead atoms. The molecular weight excluding hydrogens is 438 g/mol. The minimum absolute atomic E-state index is 0.00858. The van der Waals surface area contributed by atoms with Gasteiger partial charge in [0.15, 0.2) is 0 Å². The number of ether oxygens (including phenoxy) is 2.